The standard InChI is InChI=1S/C19H34N4O2.HI/c1-7-12-25-17-15(10-9-11-21-17)13-22-18(20-8-2)23-14-16(24-6)19(3,4)5;/h9-11,16H,7-8,12-14H2,1-6H3,(H2,20,22,23);1H. The Morgan fingerprint density at radius 3 is 2.58 bits per heavy atom. The van der Waals surface area contributed by atoms with Gasteiger partial charge in [0.1, 0.15) is 0 Å². The second kappa shape index (κ2) is 13.1. The van der Waals surface area contributed by atoms with Gasteiger partial charge in [-0.25, -0.2) is 9.98 Å². The van der Waals surface area contributed by atoms with Crippen molar-refractivity contribution in [3.8, 4) is 5.88 Å². The lowest BCUT2D eigenvalue weighted by atomic mass is 9.89. The highest BCUT2D eigenvalue weighted by molar-refractivity contribution is 14.0. The van der Waals surface area contributed by atoms with E-state index in [1.165, 1.54) is 0 Å². The number of nitrogens with one attached hydrogen (secondary N) is 2. The second-order valence-corrected chi connectivity index (χ2v) is 6.98. The quantitative estimate of drug-likeness (QED) is 0.323. The number of aliphatic imine (C=N–C) groups is 1. The van der Waals surface area contributed by atoms with E-state index in [1.54, 1.807) is 13.3 Å². The number of methoxy groups -OCH3 is 1. The van der Waals surface area contributed by atoms with Crippen LogP contribution in [0.5, 0.6) is 5.88 Å². The molecule has 26 heavy (non-hydrogen) atoms. The number of aromatic nitrogens is 1. The van der Waals surface area contributed by atoms with E-state index in [0.29, 0.717) is 25.6 Å². The Hall–Kier alpha value is -1.09. The third kappa shape index (κ3) is 9.02. The average molecular weight is 478 g/mol. The predicted molar refractivity (Wildman–Crippen MR) is 119 cm³/mol. The van der Waals surface area contributed by atoms with E-state index >= 15 is 0 Å². The Morgan fingerprint density at radius 1 is 1.27 bits per heavy atom. The summed E-state index contributed by atoms with van der Waals surface area (Å²) in [6.45, 7) is 13.3. The molecule has 0 saturated carbocycles. The highest BCUT2D eigenvalue weighted by Gasteiger charge is 2.24. The summed E-state index contributed by atoms with van der Waals surface area (Å²) in [6, 6.07) is 3.91. The monoisotopic (exact) mass is 478 g/mol. The molecule has 1 rings (SSSR count). The predicted octanol–water partition coefficient (Wildman–Crippen LogP) is 3.60. The van der Waals surface area contributed by atoms with E-state index in [1.807, 2.05) is 12.1 Å². The van der Waals surface area contributed by atoms with Crippen LogP contribution in [-0.4, -0.2) is 43.9 Å². The van der Waals surface area contributed by atoms with Crippen LogP contribution in [0.1, 0.15) is 46.6 Å². The highest BCUT2D eigenvalue weighted by Crippen LogP contribution is 2.21. The number of pyridine rings is 1. The SMILES string of the molecule is CCCOc1ncccc1CN=C(NCC)NCC(OC)C(C)(C)C.I. The summed E-state index contributed by atoms with van der Waals surface area (Å²) in [4.78, 5) is 8.97. The maximum absolute atomic E-state index is 5.70. The molecule has 1 unspecified atom stereocenters. The van der Waals surface area contributed by atoms with E-state index in [4.69, 9.17) is 9.47 Å². The zero-order valence-corrected chi connectivity index (χ0v) is 19.3. The van der Waals surface area contributed by atoms with E-state index in [0.717, 1.165) is 24.5 Å². The third-order valence-corrected chi connectivity index (χ3v) is 3.75. The van der Waals surface area contributed by atoms with Gasteiger partial charge in [0, 0.05) is 32.0 Å². The molecule has 0 saturated heterocycles. The van der Waals surface area contributed by atoms with Crippen LogP contribution in [0.4, 0.5) is 0 Å². The summed E-state index contributed by atoms with van der Waals surface area (Å²) in [5.74, 6) is 1.42. The van der Waals surface area contributed by atoms with Gasteiger partial charge in [-0.2, -0.15) is 0 Å². The first kappa shape index (κ1) is 24.9. The fourth-order valence-corrected chi connectivity index (χ4v) is 2.31. The van der Waals surface area contributed by atoms with E-state index in [2.05, 4.69) is 55.2 Å². The van der Waals surface area contributed by atoms with Crippen LogP contribution >= 0.6 is 24.0 Å². The first-order valence-electron chi connectivity index (χ1n) is 9.04. The van der Waals surface area contributed by atoms with E-state index in [-0.39, 0.29) is 35.5 Å². The molecule has 6 nitrogen and oxygen atoms in total. The number of rotatable bonds is 9. The molecule has 1 atom stereocenters. The van der Waals surface area contributed by atoms with Crippen LogP contribution in [0.25, 0.3) is 0 Å². The van der Waals surface area contributed by atoms with Gasteiger partial charge in [-0.3, -0.25) is 0 Å². The summed E-state index contributed by atoms with van der Waals surface area (Å²) in [5, 5.41) is 6.63. The molecule has 0 aromatic carbocycles. The van der Waals surface area contributed by atoms with Crippen LogP contribution in [0, 0.1) is 5.41 Å². The summed E-state index contributed by atoms with van der Waals surface area (Å²) >= 11 is 0. The fraction of sp³-hybridized carbons (Fsp3) is 0.684. The van der Waals surface area contributed by atoms with Crippen LogP contribution in [0.15, 0.2) is 23.3 Å². The minimum absolute atomic E-state index is 0. The van der Waals surface area contributed by atoms with Gasteiger partial charge in [0.15, 0.2) is 5.96 Å². The Kier molecular flexibility index (Phi) is 12.6. The molecule has 0 spiro atoms. The number of hydrogen-bond donors (Lipinski definition) is 2. The van der Waals surface area contributed by atoms with Crippen molar-refractivity contribution in [3.05, 3.63) is 23.9 Å². The molecule has 0 aliphatic carbocycles. The molecule has 0 aliphatic rings. The minimum atomic E-state index is 0. The lowest BCUT2D eigenvalue weighted by molar-refractivity contribution is 0.0205. The van der Waals surface area contributed by atoms with Crippen molar-refractivity contribution < 1.29 is 9.47 Å². The largest absolute Gasteiger partial charge is 0.477 e. The molecule has 0 fully saturated rings. The smallest absolute Gasteiger partial charge is 0.218 e. The molecule has 0 radical (unpaired) electrons. The zero-order valence-electron chi connectivity index (χ0n) is 17.0. The van der Waals surface area contributed by atoms with Crippen molar-refractivity contribution in [1.82, 2.24) is 15.6 Å². The van der Waals surface area contributed by atoms with Gasteiger partial charge in [0.05, 0.1) is 19.3 Å². The minimum Gasteiger partial charge on any atom is -0.477 e. The normalized spacial score (nSPS) is 12.9. The van der Waals surface area contributed by atoms with E-state index < -0.39 is 0 Å². The van der Waals surface area contributed by atoms with Crippen LogP contribution in [0.2, 0.25) is 0 Å². The van der Waals surface area contributed by atoms with Crippen molar-refractivity contribution >= 4 is 29.9 Å². The van der Waals surface area contributed by atoms with Crippen LogP contribution in [0.3, 0.4) is 0 Å². The van der Waals surface area contributed by atoms with Crippen molar-refractivity contribution in [2.45, 2.75) is 53.7 Å². The van der Waals surface area contributed by atoms with Crippen molar-refractivity contribution in [3.63, 3.8) is 0 Å². The molecule has 0 aliphatic heterocycles. The van der Waals surface area contributed by atoms with Gasteiger partial charge < -0.3 is 20.1 Å². The lowest BCUT2D eigenvalue weighted by Gasteiger charge is -2.30. The Balaban J connectivity index is 0.00000625. The molecule has 1 heterocycles. The number of guanidine groups is 1. The maximum Gasteiger partial charge on any atom is 0.218 e. The molecular weight excluding hydrogens is 443 g/mol. The average Bonchev–Trinajstić information content (AvgIpc) is 2.57. The molecule has 1 aromatic heterocycles. The van der Waals surface area contributed by atoms with Crippen LogP contribution < -0.4 is 15.4 Å². The van der Waals surface area contributed by atoms with Crippen LogP contribution in [-0.2, 0) is 11.3 Å². The molecule has 150 valence electrons. The summed E-state index contributed by atoms with van der Waals surface area (Å²) < 4.78 is 11.3. The van der Waals surface area contributed by atoms with Gasteiger partial charge in [0.2, 0.25) is 5.88 Å². The molecule has 2 N–H and O–H groups in total. The molecule has 0 bridgehead atoms. The molecular formula is C19H35IN4O2. The molecule has 7 heteroatoms. The van der Waals surface area contributed by atoms with Gasteiger partial charge >= 0.3 is 0 Å². The summed E-state index contributed by atoms with van der Waals surface area (Å²) in [6.07, 6.45) is 2.79. The highest BCUT2D eigenvalue weighted by atomic mass is 127. The first-order valence-corrected chi connectivity index (χ1v) is 9.04. The van der Waals surface area contributed by atoms with Gasteiger partial charge in [-0.15, -0.1) is 24.0 Å². The molecule has 0 amide bonds. The summed E-state index contributed by atoms with van der Waals surface area (Å²) in [5.41, 5.74) is 1.04. The van der Waals surface area contributed by atoms with Crippen molar-refractivity contribution in [1.29, 1.82) is 0 Å². The topological polar surface area (TPSA) is 67.8 Å². The number of ether oxygens (including phenoxy) is 2. The Bertz CT molecular complexity index is 533. The Labute approximate surface area is 175 Å². The Morgan fingerprint density at radius 2 is 2.00 bits per heavy atom. The number of halogens is 1. The third-order valence-electron chi connectivity index (χ3n) is 3.75. The number of hydrogen-bond acceptors (Lipinski definition) is 4. The van der Waals surface area contributed by atoms with Gasteiger partial charge in [-0.05, 0) is 24.8 Å². The molecule has 1 aromatic rings. The van der Waals surface area contributed by atoms with Crippen molar-refractivity contribution in [2.75, 3.05) is 26.8 Å². The van der Waals surface area contributed by atoms with E-state index in [9.17, 15) is 0 Å². The lowest BCUT2D eigenvalue weighted by Crippen LogP contribution is -2.45. The van der Waals surface area contributed by atoms with Gasteiger partial charge in [0.25, 0.3) is 0 Å². The maximum atomic E-state index is 5.70. The summed E-state index contributed by atoms with van der Waals surface area (Å²) in [7, 11) is 1.74. The fourth-order valence-electron chi connectivity index (χ4n) is 2.31. The van der Waals surface area contributed by atoms with Gasteiger partial charge in [-0.1, -0.05) is 33.8 Å². The van der Waals surface area contributed by atoms with Crippen molar-refractivity contribution in [2.24, 2.45) is 10.4 Å². The second-order valence-electron chi connectivity index (χ2n) is 6.98. The zero-order chi connectivity index (χ0) is 18.7. The number of nitrogens with zero attached hydrogens (tertiary/aromatic N) is 2. The first-order chi connectivity index (χ1) is 11.9.